The molecule has 3 aliphatic rings. The molecule has 4 amide bonds. The zero-order valence-corrected chi connectivity index (χ0v) is 27.1. The molecule has 3 N–H and O–H groups in total. The Morgan fingerprint density at radius 3 is 1.98 bits per heavy atom. The van der Waals surface area contributed by atoms with Gasteiger partial charge in [0.15, 0.2) is 0 Å². The van der Waals surface area contributed by atoms with Crippen LogP contribution < -0.4 is 16.0 Å². The Labute approximate surface area is 251 Å². The number of nitrogens with zero attached hydrogens (tertiary/aromatic N) is 1. The monoisotopic (exact) mass is 590 g/mol. The molecule has 0 unspecified atom stereocenters. The normalized spacial score (nSPS) is 29.3. The van der Waals surface area contributed by atoms with Crippen LogP contribution in [0, 0.1) is 17.3 Å². The summed E-state index contributed by atoms with van der Waals surface area (Å²) in [6, 6.07) is -2.57. The SMILES string of the molecule is CC(C)(C)NC(=O)C(=O)[C@@H]1CCCCCCCCCC[C@H](NC(=O)OC(C)(C)C)C(=O)N2C[C@H]3[C@@H]([C@H]2C(=O)N1)C3(C)C. The number of fused-ring (bicyclic) bond motifs is 3. The topological polar surface area (TPSA) is 134 Å². The van der Waals surface area contributed by atoms with Gasteiger partial charge in [0.05, 0.1) is 6.04 Å². The van der Waals surface area contributed by atoms with Crippen molar-refractivity contribution in [2.45, 2.75) is 149 Å². The van der Waals surface area contributed by atoms with Gasteiger partial charge in [0.2, 0.25) is 17.6 Å². The van der Waals surface area contributed by atoms with E-state index in [2.05, 4.69) is 29.8 Å². The van der Waals surface area contributed by atoms with Crippen LogP contribution in [0.5, 0.6) is 0 Å². The average molecular weight is 591 g/mol. The van der Waals surface area contributed by atoms with Gasteiger partial charge in [-0.05, 0) is 71.6 Å². The summed E-state index contributed by atoms with van der Waals surface area (Å²) in [5, 5.41) is 8.41. The zero-order chi connectivity index (χ0) is 31.5. The Kier molecular flexibility index (Phi) is 10.7. The number of hydrogen-bond acceptors (Lipinski definition) is 6. The second kappa shape index (κ2) is 13.3. The van der Waals surface area contributed by atoms with Crippen LogP contribution in [0.2, 0.25) is 0 Å². The van der Waals surface area contributed by atoms with Gasteiger partial charge in [-0.3, -0.25) is 19.2 Å². The molecule has 2 aliphatic heterocycles. The molecule has 2 saturated heterocycles. The lowest BCUT2D eigenvalue weighted by Gasteiger charge is -2.34. The lowest BCUT2D eigenvalue weighted by atomic mass is 9.97. The Hall–Kier alpha value is -2.65. The van der Waals surface area contributed by atoms with E-state index >= 15 is 0 Å². The number of piperidine rings is 1. The summed E-state index contributed by atoms with van der Waals surface area (Å²) >= 11 is 0. The van der Waals surface area contributed by atoms with Crippen molar-refractivity contribution in [2.24, 2.45) is 17.3 Å². The predicted molar refractivity (Wildman–Crippen MR) is 160 cm³/mol. The summed E-state index contributed by atoms with van der Waals surface area (Å²) in [4.78, 5) is 68.4. The maximum absolute atomic E-state index is 14.0. The van der Waals surface area contributed by atoms with E-state index in [1.807, 2.05) is 0 Å². The van der Waals surface area contributed by atoms with Crippen molar-refractivity contribution >= 4 is 29.6 Å². The highest BCUT2D eigenvalue weighted by atomic mass is 16.6. The van der Waals surface area contributed by atoms with Gasteiger partial charge in [-0.2, -0.15) is 0 Å². The largest absolute Gasteiger partial charge is 0.444 e. The van der Waals surface area contributed by atoms with Crippen molar-refractivity contribution in [1.82, 2.24) is 20.9 Å². The van der Waals surface area contributed by atoms with E-state index in [0.29, 0.717) is 25.8 Å². The quantitative estimate of drug-likeness (QED) is 0.421. The molecule has 0 aromatic heterocycles. The van der Waals surface area contributed by atoms with Gasteiger partial charge >= 0.3 is 6.09 Å². The van der Waals surface area contributed by atoms with Crippen LogP contribution in [-0.2, 0) is 23.9 Å². The number of nitrogens with one attached hydrogen (secondary N) is 3. The summed E-state index contributed by atoms with van der Waals surface area (Å²) in [5.41, 5.74) is -1.44. The minimum Gasteiger partial charge on any atom is -0.444 e. The van der Waals surface area contributed by atoms with Crippen molar-refractivity contribution in [1.29, 1.82) is 0 Å². The molecule has 10 heteroatoms. The molecule has 3 fully saturated rings. The standard InChI is InChI=1S/C32H54N4O6/c1-30(2,3)35-27(39)25(37)21-17-15-13-11-9-10-12-14-16-18-22(34-29(41)42-31(4,5)6)28(40)36-19-20-23(32(20,7)8)24(36)26(38)33-21/h20-24H,9-19H2,1-8H3,(H,33,38)(H,34,41)(H,35,39)/t20-,21-,22-,23-,24-/m0/s1. The summed E-state index contributed by atoms with van der Waals surface area (Å²) in [7, 11) is 0. The number of ether oxygens (including phenoxy) is 1. The first-order valence-corrected chi connectivity index (χ1v) is 15.9. The van der Waals surface area contributed by atoms with E-state index in [-0.39, 0.29) is 23.2 Å². The number of ketones is 1. The van der Waals surface area contributed by atoms with Crippen LogP contribution >= 0.6 is 0 Å². The molecule has 42 heavy (non-hydrogen) atoms. The fourth-order valence-electron chi connectivity index (χ4n) is 6.56. The first-order valence-electron chi connectivity index (χ1n) is 15.9. The lowest BCUT2D eigenvalue weighted by molar-refractivity contribution is -0.144. The third-order valence-electron chi connectivity index (χ3n) is 8.83. The van der Waals surface area contributed by atoms with Crippen LogP contribution in [0.3, 0.4) is 0 Å². The summed E-state index contributed by atoms with van der Waals surface area (Å²) in [6.45, 7) is 15.3. The fraction of sp³-hybridized carbons (Fsp3) is 0.844. The molecule has 2 heterocycles. The molecular weight excluding hydrogens is 536 g/mol. The Morgan fingerprint density at radius 2 is 1.43 bits per heavy atom. The average Bonchev–Trinajstić information content (AvgIpc) is 3.18. The highest BCUT2D eigenvalue weighted by molar-refractivity contribution is 6.38. The Balaban J connectivity index is 1.88. The highest BCUT2D eigenvalue weighted by Gasteiger charge is 2.69. The van der Waals surface area contributed by atoms with Gasteiger partial charge in [-0.25, -0.2) is 4.79 Å². The van der Waals surface area contributed by atoms with E-state index in [1.54, 1.807) is 46.4 Å². The van der Waals surface area contributed by atoms with Crippen LogP contribution in [0.15, 0.2) is 0 Å². The van der Waals surface area contributed by atoms with Gasteiger partial charge in [-0.1, -0.05) is 65.2 Å². The van der Waals surface area contributed by atoms with Gasteiger partial charge in [0.25, 0.3) is 5.91 Å². The smallest absolute Gasteiger partial charge is 0.408 e. The molecule has 3 rings (SSSR count). The number of rotatable bonds is 3. The zero-order valence-electron chi connectivity index (χ0n) is 27.1. The number of Topliss-reactive ketones (excluding diaryl/α,β-unsaturated/α-hetero) is 1. The summed E-state index contributed by atoms with van der Waals surface area (Å²) in [5.74, 6) is -2.02. The second-order valence-corrected chi connectivity index (χ2v) is 15.1. The number of carbonyl (C=O) groups is 5. The number of carbonyl (C=O) groups excluding carboxylic acids is 5. The lowest BCUT2D eigenvalue weighted by Crippen LogP contribution is -2.58. The van der Waals surface area contributed by atoms with Gasteiger partial charge in [-0.15, -0.1) is 0 Å². The molecule has 5 atom stereocenters. The van der Waals surface area contributed by atoms with E-state index in [1.165, 1.54) is 0 Å². The summed E-state index contributed by atoms with van der Waals surface area (Å²) in [6.07, 6.45) is 7.67. The molecule has 1 aliphatic carbocycles. The van der Waals surface area contributed by atoms with Gasteiger partial charge in [0.1, 0.15) is 17.7 Å². The fourth-order valence-corrected chi connectivity index (χ4v) is 6.56. The maximum Gasteiger partial charge on any atom is 0.408 e. The van der Waals surface area contributed by atoms with E-state index in [4.69, 9.17) is 4.74 Å². The molecule has 0 spiro atoms. The molecule has 0 radical (unpaired) electrons. The molecular formula is C32H54N4O6. The van der Waals surface area contributed by atoms with Crippen molar-refractivity contribution in [3.05, 3.63) is 0 Å². The van der Waals surface area contributed by atoms with E-state index in [0.717, 1.165) is 44.9 Å². The van der Waals surface area contributed by atoms with Gasteiger partial charge in [0, 0.05) is 12.1 Å². The van der Waals surface area contributed by atoms with Crippen molar-refractivity contribution in [3.63, 3.8) is 0 Å². The molecule has 10 nitrogen and oxygen atoms in total. The van der Waals surface area contributed by atoms with Crippen molar-refractivity contribution < 1.29 is 28.7 Å². The van der Waals surface area contributed by atoms with Crippen LogP contribution in [-0.4, -0.2) is 70.3 Å². The molecule has 0 aromatic rings. The third kappa shape index (κ3) is 8.93. The van der Waals surface area contributed by atoms with E-state index in [9.17, 15) is 24.0 Å². The number of alkyl carbamates (subject to hydrolysis) is 1. The molecule has 0 bridgehead atoms. The highest BCUT2D eigenvalue weighted by Crippen LogP contribution is 2.65. The first-order chi connectivity index (χ1) is 19.4. The minimum atomic E-state index is -0.968. The first kappa shape index (κ1) is 33.8. The molecule has 238 valence electrons. The van der Waals surface area contributed by atoms with Crippen molar-refractivity contribution in [2.75, 3.05) is 6.54 Å². The van der Waals surface area contributed by atoms with Crippen LogP contribution in [0.25, 0.3) is 0 Å². The third-order valence-corrected chi connectivity index (χ3v) is 8.83. The number of hydrogen-bond donors (Lipinski definition) is 3. The minimum absolute atomic E-state index is 0.0649. The Bertz CT molecular complexity index is 1030. The number of amides is 4. The van der Waals surface area contributed by atoms with E-state index < -0.39 is 53.0 Å². The molecule has 1 saturated carbocycles. The second-order valence-electron chi connectivity index (χ2n) is 15.1. The van der Waals surface area contributed by atoms with Gasteiger partial charge < -0.3 is 25.6 Å². The summed E-state index contributed by atoms with van der Waals surface area (Å²) < 4.78 is 5.46. The Morgan fingerprint density at radius 1 is 0.881 bits per heavy atom. The van der Waals surface area contributed by atoms with Crippen molar-refractivity contribution in [3.8, 4) is 0 Å². The maximum atomic E-state index is 14.0. The van der Waals surface area contributed by atoms with Crippen LogP contribution in [0.1, 0.15) is 120 Å². The predicted octanol–water partition coefficient (Wildman–Crippen LogP) is 4.25. The molecule has 0 aromatic carbocycles. The van der Waals surface area contributed by atoms with Crippen LogP contribution in [0.4, 0.5) is 4.79 Å².